The molecule has 1 fully saturated rings. The van der Waals surface area contributed by atoms with E-state index in [1.54, 1.807) is 4.90 Å². The lowest BCUT2D eigenvalue weighted by Crippen LogP contribution is -2.39. The fourth-order valence-electron chi connectivity index (χ4n) is 2.90. The molecule has 8 nitrogen and oxygen atoms in total. The van der Waals surface area contributed by atoms with Crippen LogP contribution in [0.25, 0.3) is 0 Å². The molecule has 2 rings (SSSR count). The molecule has 1 unspecified atom stereocenters. The Bertz CT molecular complexity index is 636. The largest absolute Gasteiger partial charge is 0.444 e. The van der Waals surface area contributed by atoms with E-state index in [1.165, 1.54) is 0 Å². The van der Waals surface area contributed by atoms with E-state index in [9.17, 15) is 9.59 Å². The lowest BCUT2D eigenvalue weighted by molar-refractivity contribution is -0.121. The van der Waals surface area contributed by atoms with Crippen molar-refractivity contribution in [2.75, 3.05) is 19.6 Å². The summed E-state index contributed by atoms with van der Waals surface area (Å²) < 4.78 is 10.9. The summed E-state index contributed by atoms with van der Waals surface area (Å²) in [5.74, 6) is 1.49. The van der Waals surface area contributed by atoms with E-state index in [1.807, 2.05) is 34.6 Å². The zero-order chi connectivity index (χ0) is 20.0. The molecule has 2 amide bonds. The molecular weight excluding hydrogens is 348 g/mol. The summed E-state index contributed by atoms with van der Waals surface area (Å²) in [4.78, 5) is 30.6. The molecule has 8 heteroatoms. The van der Waals surface area contributed by atoms with E-state index >= 15 is 0 Å². The third-order valence-electron chi connectivity index (χ3n) is 4.38. The molecule has 1 aromatic rings. The Labute approximate surface area is 161 Å². The second kappa shape index (κ2) is 9.19. The van der Waals surface area contributed by atoms with Crippen molar-refractivity contribution in [3.05, 3.63) is 11.7 Å². The fourth-order valence-corrected chi connectivity index (χ4v) is 2.90. The van der Waals surface area contributed by atoms with E-state index < -0.39 is 5.60 Å². The number of amides is 2. The lowest BCUT2D eigenvalue weighted by Gasteiger charge is -2.27. The van der Waals surface area contributed by atoms with Gasteiger partial charge in [-0.1, -0.05) is 19.0 Å². The number of ether oxygens (including phenoxy) is 1. The van der Waals surface area contributed by atoms with Crippen molar-refractivity contribution in [3.8, 4) is 0 Å². The molecule has 1 aliphatic rings. The van der Waals surface area contributed by atoms with E-state index in [4.69, 9.17) is 9.26 Å². The van der Waals surface area contributed by atoms with Crippen molar-refractivity contribution in [1.29, 1.82) is 0 Å². The molecule has 0 bridgehead atoms. The summed E-state index contributed by atoms with van der Waals surface area (Å²) in [5, 5.41) is 6.96. The molecule has 1 N–H and O–H groups in total. The number of aromatic nitrogens is 2. The summed E-state index contributed by atoms with van der Waals surface area (Å²) in [5.41, 5.74) is -0.564. The predicted octanol–water partition coefficient (Wildman–Crippen LogP) is 3.20. The van der Waals surface area contributed by atoms with Crippen LogP contribution < -0.4 is 5.32 Å². The van der Waals surface area contributed by atoms with Crippen molar-refractivity contribution in [2.24, 2.45) is 0 Å². The van der Waals surface area contributed by atoms with Crippen LogP contribution in [0.2, 0.25) is 0 Å². The SMILES string of the molecule is CC(C)c1noc(C2CCCN(C(=O)OC(C)(C)C)CCC(=O)NCC2)n1. The molecular formula is C19H32N4O4. The molecule has 27 heavy (non-hydrogen) atoms. The highest BCUT2D eigenvalue weighted by molar-refractivity contribution is 5.77. The summed E-state index contributed by atoms with van der Waals surface area (Å²) in [6, 6.07) is 0. The smallest absolute Gasteiger partial charge is 0.410 e. The topological polar surface area (TPSA) is 97.6 Å². The fraction of sp³-hybridized carbons (Fsp3) is 0.789. The molecule has 1 saturated heterocycles. The minimum atomic E-state index is -0.564. The van der Waals surface area contributed by atoms with Crippen LogP contribution in [0, 0.1) is 0 Å². The Morgan fingerprint density at radius 1 is 1.30 bits per heavy atom. The Hall–Kier alpha value is -2.12. The Kier molecular flexibility index (Phi) is 7.21. The number of hydrogen-bond donors (Lipinski definition) is 1. The Morgan fingerprint density at radius 3 is 2.67 bits per heavy atom. The highest BCUT2D eigenvalue weighted by Gasteiger charge is 2.25. The third kappa shape index (κ3) is 6.84. The van der Waals surface area contributed by atoms with E-state index in [0.717, 1.165) is 19.3 Å². The van der Waals surface area contributed by atoms with Crippen molar-refractivity contribution in [1.82, 2.24) is 20.4 Å². The second-order valence-corrected chi connectivity index (χ2v) is 8.34. The van der Waals surface area contributed by atoms with Gasteiger partial charge in [0.1, 0.15) is 5.60 Å². The normalized spacial score (nSPS) is 20.1. The van der Waals surface area contributed by atoms with Crippen LogP contribution >= 0.6 is 0 Å². The maximum Gasteiger partial charge on any atom is 0.410 e. The quantitative estimate of drug-likeness (QED) is 0.846. The lowest BCUT2D eigenvalue weighted by atomic mass is 9.99. The van der Waals surface area contributed by atoms with Gasteiger partial charge in [-0.05, 0) is 40.0 Å². The molecule has 1 atom stereocenters. The van der Waals surface area contributed by atoms with Crippen LogP contribution in [0.5, 0.6) is 0 Å². The standard InChI is InChI=1S/C19H32N4O4/c1-13(2)16-21-17(27-22-16)14-7-6-11-23(18(25)26-19(3,4)5)12-9-15(24)20-10-8-14/h13-14H,6-12H2,1-5H3,(H,20,24). The first-order valence-electron chi connectivity index (χ1n) is 9.74. The molecule has 0 saturated carbocycles. The van der Waals surface area contributed by atoms with Crippen molar-refractivity contribution < 1.29 is 18.8 Å². The van der Waals surface area contributed by atoms with Gasteiger partial charge in [-0.15, -0.1) is 0 Å². The minimum Gasteiger partial charge on any atom is -0.444 e. The van der Waals surface area contributed by atoms with E-state index in [-0.39, 0.29) is 30.3 Å². The van der Waals surface area contributed by atoms with Crippen molar-refractivity contribution >= 4 is 12.0 Å². The van der Waals surface area contributed by atoms with Gasteiger partial charge in [0.05, 0.1) is 0 Å². The molecule has 0 radical (unpaired) electrons. The Morgan fingerprint density at radius 2 is 2.04 bits per heavy atom. The summed E-state index contributed by atoms with van der Waals surface area (Å²) in [6.07, 6.45) is 2.19. The molecule has 0 aromatic carbocycles. The van der Waals surface area contributed by atoms with Gasteiger partial charge < -0.3 is 19.5 Å². The van der Waals surface area contributed by atoms with Gasteiger partial charge in [0.25, 0.3) is 0 Å². The number of nitrogens with zero attached hydrogens (tertiary/aromatic N) is 3. The predicted molar refractivity (Wildman–Crippen MR) is 100 cm³/mol. The second-order valence-electron chi connectivity index (χ2n) is 8.34. The monoisotopic (exact) mass is 380 g/mol. The average molecular weight is 380 g/mol. The maximum atomic E-state index is 12.4. The molecule has 0 spiro atoms. The van der Waals surface area contributed by atoms with E-state index in [0.29, 0.717) is 31.3 Å². The highest BCUT2D eigenvalue weighted by Crippen LogP contribution is 2.25. The average Bonchev–Trinajstić information content (AvgIpc) is 3.02. The minimum absolute atomic E-state index is 0.0592. The zero-order valence-corrected chi connectivity index (χ0v) is 17.1. The van der Waals surface area contributed by atoms with Gasteiger partial charge in [0.2, 0.25) is 11.8 Å². The number of carbonyl (C=O) groups excluding carboxylic acids is 2. The Balaban J connectivity index is 2.06. The van der Waals surface area contributed by atoms with Gasteiger partial charge in [-0.3, -0.25) is 4.79 Å². The van der Waals surface area contributed by atoms with E-state index in [2.05, 4.69) is 15.5 Å². The maximum absolute atomic E-state index is 12.4. The van der Waals surface area contributed by atoms with Crippen LogP contribution in [-0.2, 0) is 9.53 Å². The number of carbonyl (C=O) groups is 2. The molecule has 2 heterocycles. The summed E-state index contributed by atoms with van der Waals surface area (Å²) >= 11 is 0. The van der Waals surface area contributed by atoms with Gasteiger partial charge in [-0.2, -0.15) is 4.98 Å². The van der Waals surface area contributed by atoms with Crippen LogP contribution in [-0.4, -0.2) is 52.3 Å². The first kappa shape index (κ1) is 21.2. The van der Waals surface area contributed by atoms with Gasteiger partial charge in [0.15, 0.2) is 5.82 Å². The molecule has 152 valence electrons. The van der Waals surface area contributed by atoms with Crippen molar-refractivity contribution in [2.45, 2.75) is 77.7 Å². The molecule has 0 aliphatic carbocycles. The summed E-state index contributed by atoms with van der Waals surface area (Å²) in [6.45, 7) is 11.0. The van der Waals surface area contributed by atoms with Gasteiger partial charge in [0, 0.05) is 37.9 Å². The van der Waals surface area contributed by atoms with Crippen LogP contribution in [0.4, 0.5) is 4.79 Å². The van der Waals surface area contributed by atoms with Crippen molar-refractivity contribution in [3.63, 3.8) is 0 Å². The molecule has 1 aliphatic heterocycles. The number of nitrogens with one attached hydrogen (secondary N) is 1. The molecule has 1 aromatic heterocycles. The zero-order valence-electron chi connectivity index (χ0n) is 17.1. The van der Waals surface area contributed by atoms with Crippen LogP contribution in [0.3, 0.4) is 0 Å². The van der Waals surface area contributed by atoms with Gasteiger partial charge in [-0.25, -0.2) is 4.79 Å². The van der Waals surface area contributed by atoms with Crippen LogP contribution in [0.15, 0.2) is 4.52 Å². The van der Waals surface area contributed by atoms with Crippen LogP contribution in [0.1, 0.15) is 83.9 Å². The first-order valence-corrected chi connectivity index (χ1v) is 9.74. The first-order chi connectivity index (χ1) is 12.7. The number of rotatable bonds is 2. The van der Waals surface area contributed by atoms with Gasteiger partial charge >= 0.3 is 6.09 Å². The third-order valence-corrected chi connectivity index (χ3v) is 4.38. The summed E-state index contributed by atoms with van der Waals surface area (Å²) in [7, 11) is 0. The highest BCUT2D eigenvalue weighted by atomic mass is 16.6. The number of hydrogen-bond acceptors (Lipinski definition) is 6.